The third-order valence-electron chi connectivity index (χ3n) is 3.63. The third-order valence-corrected chi connectivity index (χ3v) is 3.63. The van der Waals surface area contributed by atoms with Crippen molar-refractivity contribution in [3.63, 3.8) is 0 Å². The maximum absolute atomic E-state index is 13.1. The molecule has 30 heavy (non-hydrogen) atoms. The Bertz CT molecular complexity index is 1060. The number of ether oxygens (including phenoxy) is 1. The van der Waals surface area contributed by atoms with Crippen LogP contribution in [0.1, 0.15) is 5.56 Å². The highest BCUT2D eigenvalue weighted by atomic mass is 19.2. The van der Waals surface area contributed by atoms with E-state index in [4.69, 9.17) is 15.3 Å². The average Bonchev–Trinajstić information content (AvgIpc) is 2.73. The monoisotopic (exact) mass is 416 g/mol. The molecule has 154 valence electrons. The summed E-state index contributed by atoms with van der Waals surface area (Å²) in [5.41, 5.74) is 6.24. The molecule has 0 aliphatic rings. The van der Waals surface area contributed by atoms with Crippen LogP contribution in [0.5, 0.6) is 11.6 Å². The van der Waals surface area contributed by atoms with Gasteiger partial charge in [0.15, 0.2) is 24.1 Å². The second-order valence-corrected chi connectivity index (χ2v) is 5.87. The van der Waals surface area contributed by atoms with Crippen molar-refractivity contribution in [3.05, 3.63) is 83.8 Å². The molecule has 7 nitrogen and oxygen atoms in total. The molecule has 2 aromatic carbocycles. The molecule has 0 aliphatic carbocycles. The number of hydrogen-bond donors (Lipinski definition) is 2. The Hall–Kier alpha value is -4.08. The minimum atomic E-state index is -1.09. The Kier molecular flexibility index (Phi) is 6.48. The van der Waals surface area contributed by atoms with Crippen LogP contribution in [0.25, 0.3) is 0 Å². The van der Waals surface area contributed by atoms with Crippen molar-refractivity contribution in [2.75, 3.05) is 11.9 Å². The highest BCUT2D eigenvalue weighted by Gasteiger charge is 2.08. The summed E-state index contributed by atoms with van der Waals surface area (Å²) >= 11 is 0. The fraction of sp³-hybridized carbons (Fsp3) is 0.0500. The number of nitrogens with two attached hydrogens (primary N) is 1. The number of amides is 1. The molecule has 0 saturated heterocycles. The number of halogens is 3. The molecule has 0 radical (unpaired) electrons. The first-order chi connectivity index (χ1) is 14.4. The van der Waals surface area contributed by atoms with Gasteiger partial charge in [0.25, 0.3) is 5.91 Å². The molecule has 1 amide bonds. The number of carbonyl (C=O) groups excluding carboxylic acids is 1. The van der Waals surface area contributed by atoms with Gasteiger partial charge in [-0.1, -0.05) is 5.16 Å². The highest BCUT2D eigenvalue weighted by Crippen LogP contribution is 2.19. The fourth-order valence-electron chi connectivity index (χ4n) is 2.20. The summed E-state index contributed by atoms with van der Waals surface area (Å²) in [5.74, 6) is -2.51. The Balaban J connectivity index is 1.51. The highest BCUT2D eigenvalue weighted by molar-refractivity contribution is 5.97. The number of anilines is 1. The molecule has 3 rings (SSSR count). The first kappa shape index (κ1) is 20.6. The van der Waals surface area contributed by atoms with Gasteiger partial charge in [-0.2, -0.15) is 0 Å². The summed E-state index contributed by atoms with van der Waals surface area (Å²) in [5, 5.41) is 5.93. The van der Waals surface area contributed by atoms with Crippen LogP contribution in [-0.4, -0.2) is 23.3 Å². The smallest absolute Gasteiger partial charge is 0.265 e. The van der Waals surface area contributed by atoms with Gasteiger partial charge >= 0.3 is 0 Å². The van der Waals surface area contributed by atoms with Crippen LogP contribution < -0.4 is 15.8 Å². The Morgan fingerprint density at radius 2 is 1.80 bits per heavy atom. The van der Waals surface area contributed by atoms with Gasteiger partial charge in [-0.05, 0) is 42.5 Å². The second-order valence-electron chi connectivity index (χ2n) is 5.87. The van der Waals surface area contributed by atoms with E-state index < -0.39 is 24.1 Å². The van der Waals surface area contributed by atoms with Crippen molar-refractivity contribution < 1.29 is 27.5 Å². The average molecular weight is 416 g/mol. The van der Waals surface area contributed by atoms with E-state index >= 15 is 0 Å². The van der Waals surface area contributed by atoms with Crippen molar-refractivity contribution >= 4 is 17.4 Å². The number of carbonyl (C=O) groups is 1. The zero-order valence-corrected chi connectivity index (χ0v) is 15.3. The first-order valence-corrected chi connectivity index (χ1v) is 8.51. The molecule has 10 heteroatoms. The quantitative estimate of drug-likeness (QED) is 0.349. The van der Waals surface area contributed by atoms with Gasteiger partial charge < -0.3 is 20.6 Å². The molecule has 0 aliphatic heterocycles. The lowest BCUT2D eigenvalue weighted by atomic mass is 10.3. The summed E-state index contributed by atoms with van der Waals surface area (Å²) in [4.78, 5) is 20.7. The molecule has 0 spiro atoms. The maximum atomic E-state index is 13.1. The van der Waals surface area contributed by atoms with Crippen molar-refractivity contribution in [1.82, 2.24) is 4.98 Å². The molecule has 1 aromatic heterocycles. The second kappa shape index (κ2) is 9.41. The number of oxime groups is 1. The van der Waals surface area contributed by atoms with Crippen LogP contribution in [0.3, 0.4) is 0 Å². The summed E-state index contributed by atoms with van der Waals surface area (Å²) in [7, 11) is 0. The van der Waals surface area contributed by atoms with E-state index in [9.17, 15) is 18.0 Å². The van der Waals surface area contributed by atoms with E-state index in [1.54, 1.807) is 6.07 Å². The van der Waals surface area contributed by atoms with Gasteiger partial charge in [-0.25, -0.2) is 18.2 Å². The number of nitrogens with zero attached hydrogens (tertiary/aromatic N) is 2. The van der Waals surface area contributed by atoms with Crippen LogP contribution in [0.2, 0.25) is 0 Å². The van der Waals surface area contributed by atoms with E-state index in [-0.39, 0.29) is 23.2 Å². The minimum absolute atomic E-state index is 0.0449. The lowest BCUT2D eigenvalue weighted by Gasteiger charge is -2.06. The number of nitrogens with one attached hydrogen (secondary N) is 1. The predicted molar refractivity (Wildman–Crippen MR) is 102 cm³/mol. The number of amidine groups is 1. The van der Waals surface area contributed by atoms with Crippen LogP contribution in [0, 0.1) is 17.5 Å². The van der Waals surface area contributed by atoms with Crippen molar-refractivity contribution in [2.24, 2.45) is 10.9 Å². The van der Waals surface area contributed by atoms with Gasteiger partial charge in [-0.3, -0.25) is 4.79 Å². The van der Waals surface area contributed by atoms with Crippen LogP contribution >= 0.6 is 0 Å². The SMILES string of the molecule is N/C(=N/OCC(=O)Nc1ccc(F)c(F)c1)c1ccc(Oc2ccc(F)cc2)nc1. The summed E-state index contributed by atoms with van der Waals surface area (Å²) in [6, 6.07) is 11.5. The fourth-order valence-corrected chi connectivity index (χ4v) is 2.20. The molecule has 0 atom stereocenters. The Labute approximate surface area is 168 Å². The van der Waals surface area contributed by atoms with Crippen LogP contribution in [-0.2, 0) is 9.63 Å². The minimum Gasteiger partial charge on any atom is -0.439 e. The molecule has 0 fully saturated rings. The number of benzene rings is 2. The lowest BCUT2D eigenvalue weighted by Crippen LogP contribution is -2.19. The molecular weight excluding hydrogens is 401 g/mol. The summed E-state index contributed by atoms with van der Waals surface area (Å²) < 4.78 is 44.3. The van der Waals surface area contributed by atoms with E-state index in [0.29, 0.717) is 11.3 Å². The molecule has 1 heterocycles. The predicted octanol–water partition coefficient (Wildman–Crippen LogP) is 3.57. The van der Waals surface area contributed by atoms with E-state index in [0.717, 1.165) is 12.1 Å². The van der Waals surface area contributed by atoms with Gasteiger partial charge in [0.1, 0.15) is 11.6 Å². The largest absolute Gasteiger partial charge is 0.439 e. The Morgan fingerprint density at radius 3 is 2.47 bits per heavy atom. The lowest BCUT2D eigenvalue weighted by molar-refractivity contribution is -0.120. The normalized spacial score (nSPS) is 11.1. The van der Waals surface area contributed by atoms with Gasteiger partial charge in [0.05, 0.1) is 0 Å². The third kappa shape index (κ3) is 5.71. The molecule has 0 saturated carbocycles. The van der Waals surface area contributed by atoms with E-state index in [1.807, 2.05) is 0 Å². The van der Waals surface area contributed by atoms with Gasteiger partial charge in [0.2, 0.25) is 5.88 Å². The summed E-state index contributed by atoms with van der Waals surface area (Å²) in [6.45, 7) is -0.501. The zero-order valence-electron chi connectivity index (χ0n) is 15.3. The van der Waals surface area contributed by atoms with Crippen LogP contribution in [0.4, 0.5) is 18.9 Å². The van der Waals surface area contributed by atoms with E-state index in [1.165, 1.54) is 42.6 Å². The van der Waals surface area contributed by atoms with Crippen molar-refractivity contribution in [1.29, 1.82) is 0 Å². The molecule has 3 aromatic rings. The Morgan fingerprint density at radius 1 is 1.03 bits per heavy atom. The number of aromatic nitrogens is 1. The molecular formula is C20H15F3N4O3. The maximum Gasteiger partial charge on any atom is 0.265 e. The van der Waals surface area contributed by atoms with Crippen molar-refractivity contribution in [3.8, 4) is 11.6 Å². The van der Waals surface area contributed by atoms with Gasteiger partial charge in [-0.15, -0.1) is 0 Å². The summed E-state index contributed by atoms with van der Waals surface area (Å²) in [6.07, 6.45) is 1.38. The first-order valence-electron chi connectivity index (χ1n) is 8.51. The number of rotatable bonds is 7. The van der Waals surface area contributed by atoms with E-state index in [2.05, 4.69) is 15.5 Å². The topological polar surface area (TPSA) is 98.8 Å². The number of pyridine rings is 1. The molecule has 3 N–H and O–H groups in total. The molecule has 0 bridgehead atoms. The van der Waals surface area contributed by atoms with Crippen LogP contribution in [0.15, 0.2) is 65.9 Å². The molecule has 0 unspecified atom stereocenters. The van der Waals surface area contributed by atoms with Crippen molar-refractivity contribution in [2.45, 2.75) is 0 Å². The van der Waals surface area contributed by atoms with Gasteiger partial charge in [0, 0.05) is 29.6 Å². The number of hydrogen-bond acceptors (Lipinski definition) is 5. The zero-order chi connectivity index (χ0) is 21.5. The standard InChI is InChI=1S/C20H15F3N4O3/c21-13-2-5-15(6-3-13)30-19-8-1-12(10-25-19)20(24)27-29-11-18(28)26-14-4-7-16(22)17(23)9-14/h1-10H,11H2,(H2,24,27)(H,26,28).